The number of hydrogen-bond donors (Lipinski definition) is 0. The third-order valence-electron chi connectivity index (χ3n) is 6.38. The maximum Gasteiger partial charge on any atom is 0.141 e. The van der Waals surface area contributed by atoms with Gasteiger partial charge in [-0.25, -0.2) is 0 Å². The third kappa shape index (κ3) is 1.60. The summed E-state index contributed by atoms with van der Waals surface area (Å²) in [6, 6.07) is 10.5. The molecule has 0 amide bonds. The van der Waals surface area contributed by atoms with Gasteiger partial charge in [-0.05, 0) is 37.2 Å². The Bertz CT molecular complexity index is 548. The molecule has 2 aliphatic carbocycles. The van der Waals surface area contributed by atoms with E-state index in [1.54, 1.807) is 0 Å². The zero-order chi connectivity index (χ0) is 14.5. The van der Waals surface area contributed by atoms with Crippen LogP contribution in [-0.2, 0) is 9.53 Å². The second kappa shape index (κ2) is 4.67. The van der Waals surface area contributed by atoms with E-state index < -0.39 is 0 Å². The lowest BCUT2D eigenvalue weighted by Crippen LogP contribution is -2.45. The van der Waals surface area contributed by atoms with Crippen molar-refractivity contribution in [1.29, 1.82) is 0 Å². The predicted molar refractivity (Wildman–Crippen MR) is 82.2 cm³/mol. The highest BCUT2D eigenvalue weighted by molar-refractivity contribution is 5.90. The highest BCUT2D eigenvalue weighted by Gasteiger charge is 2.71. The van der Waals surface area contributed by atoms with Gasteiger partial charge >= 0.3 is 0 Å². The summed E-state index contributed by atoms with van der Waals surface area (Å²) in [6.07, 6.45) is 6.51. The molecule has 1 heterocycles. The van der Waals surface area contributed by atoms with Gasteiger partial charge in [-0.3, -0.25) is 4.79 Å². The number of carbonyl (C=O) groups is 1. The van der Waals surface area contributed by atoms with Crippen LogP contribution in [0.25, 0.3) is 0 Å². The lowest BCUT2D eigenvalue weighted by atomic mass is 9.61. The van der Waals surface area contributed by atoms with Crippen LogP contribution in [0.4, 0.5) is 0 Å². The van der Waals surface area contributed by atoms with E-state index in [1.165, 1.54) is 18.4 Å². The van der Waals surface area contributed by atoms with Crippen LogP contribution in [0.3, 0.4) is 0 Å². The number of ether oxygens (including phenoxy) is 1. The highest BCUT2D eigenvalue weighted by atomic mass is 16.5. The average Bonchev–Trinajstić information content (AvgIpc) is 3.06. The number of Topliss-reactive ketones (excluding diaryl/α,β-unsaturated/α-hetero) is 1. The summed E-state index contributed by atoms with van der Waals surface area (Å²) in [7, 11) is 0. The van der Waals surface area contributed by atoms with Crippen molar-refractivity contribution in [3.8, 4) is 0 Å². The normalized spacial score (nSPS) is 41.3. The Morgan fingerprint density at radius 3 is 2.81 bits per heavy atom. The largest absolute Gasteiger partial charge is 0.374 e. The molecule has 0 unspecified atom stereocenters. The van der Waals surface area contributed by atoms with E-state index in [4.69, 9.17) is 4.74 Å². The molecule has 2 nitrogen and oxygen atoms in total. The molecule has 0 bridgehead atoms. The van der Waals surface area contributed by atoms with Crippen LogP contribution in [0.15, 0.2) is 30.3 Å². The Labute approximate surface area is 126 Å². The lowest BCUT2D eigenvalue weighted by molar-refractivity contribution is -0.124. The monoisotopic (exact) mass is 284 g/mol. The minimum absolute atomic E-state index is 0.0287. The minimum Gasteiger partial charge on any atom is -0.374 e. The van der Waals surface area contributed by atoms with Gasteiger partial charge in [0.15, 0.2) is 0 Å². The molecule has 3 aliphatic rings. The van der Waals surface area contributed by atoms with Crippen molar-refractivity contribution in [2.75, 3.05) is 6.61 Å². The number of hydrogen-bond acceptors (Lipinski definition) is 2. The number of rotatable bonds is 3. The van der Waals surface area contributed by atoms with Gasteiger partial charge in [0.1, 0.15) is 5.78 Å². The van der Waals surface area contributed by atoms with E-state index in [-0.39, 0.29) is 16.9 Å². The van der Waals surface area contributed by atoms with Crippen LogP contribution in [0, 0.1) is 11.3 Å². The molecule has 1 aliphatic heterocycles. The summed E-state index contributed by atoms with van der Waals surface area (Å²) in [5.41, 5.74) is 1.28. The van der Waals surface area contributed by atoms with Gasteiger partial charge in [-0.15, -0.1) is 0 Å². The van der Waals surface area contributed by atoms with Gasteiger partial charge in [0.2, 0.25) is 0 Å². The molecule has 1 spiro atoms. The summed E-state index contributed by atoms with van der Waals surface area (Å²) in [5.74, 6) is 0.974. The van der Waals surface area contributed by atoms with E-state index in [9.17, 15) is 4.79 Å². The number of benzene rings is 1. The first kappa shape index (κ1) is 13.5. The van der Waals surface area contributed by atoms with Gasteiger partial charge in [0, 0.05) is 11.8 Å². The Morgan fingerprint density at radius 1 is 1.24 bits per heavy atom. The molecular weight excluding hydrogens is 260 g/mol. The Morgan fingerprint density at radius 2 is 2.05 bits per heavy atom. The van der Waals surface area contributed by atoms with E-state index in [0.717, 1.165) is 32.3 Å². The molecule has 4 rings (SSSR count). The van der Waals surface area contributed by atoms with E-state index >= 15 is 0 Å². The van der Waals surface area contributed by atoms with Crippen molar-refractivity contribution in [3.05, 3.63) is 35.9 Å². The molecule has 0 radical (unpaired) electrons. The SMILES string of the molecule is CCC[C@@]12CCC[C@]13[C@@H](CO2)CC(=O)[C@H]3c1ccccc1. The summed E-state index contributed by atoms with van der Waals surface area (Å²) >= 11 is 0. The Kier molecular flexibility index (Phi) is 3.01. The fraction of sp³-hybridized carbons (Fsp3) is 0.632. The molecule has 2 heteroatoms. The second-order valence-corrected chi connectivity index (χ2v) is 7.16. The zero-order valence-corrected chi connectivity index (χ0v) is 12.8. The lowest BCUT2D eigenvalue weighted by Gasteiger charge is -2.43. The van der Waals surface area contributed by atoms with Gasteiger partial charge in [-0.2, -0.15) is 0 Å². The van der Waals surface area contributed by atoms with Gasteiger partial charge in [-0.1, -0.05) is 43.7 Å². The van der Waals surface area contributed by atoms with Crippen molar-refractivity contribution in [1.82, 2.24) is 0 Å². The molecule has 3 fully saturated rings. The molecule has 112 valence electrons. The Balaban J connectivity index is 1.85. The number of ketones is 1. The smallest absolute Gasteiger partial charge is 0.141 e. The van der Waals surface area contributed by atoms with Crippen LogP contribution in [0.5, 0.6) is 0 Å². The van der Waals surface area contributed by atoms with Crippen molar-refractivity contribution in [2.24, 2.45) is 11.3 Å². The zero-order valence-electron chi connectivity index (χ0n) is 12.8. The van der Waals surface area contributed by atoms with Gasteiger partial charge < -0.3 is 4.74 Å². The van der Waals surface area contributed by atoms with Crippen LogP contribution < -0.4 is 0 Å². The third-order valence-corrected chi connectivity index (χ3v) is 6.38. The molecule has 0 N–H and O–H groups in total. The topological polar surface area (TPSA) is 26.3 Å². The summed E-state index contributed by atoms with van der Waals surface area (Å²) in [5, 5.41) is 0. The van der Waals surface area contributed by atoms with Gasteiger partial charge in [0.05, 0.1) is 18.1 Å². The Hall–Kier alpha value is -1.15. The molecule has 1 aromatic carbocycles. The second-order valence-electron chi connectivity index (χ2n) is 7.16. The first-order valence-electron chi connectivity index (χ1n) is 8.45. The average molecular weight is 284 g/mol. The molecule has 4 atom stereocenters. The van der Waals surface area contributed by atoms with Crippen molar-refractivity contribution in [2.45, 2.75) is 57.0 Å². The minimum atomic E-state index is -0.0287. The molecular formula is C19H24O2. The molecule has 1 saturated heterocycles. The van der Waals surface area contributed by atoms with Crippen molar-refractivity contribution < 1.29 is 9.53 Å². The fourth-order valence-corrected chi connectivity index (χ4v) is 5.81. The van der Waals surface area contributed by atoms with Crippen LogP contribution in [0.1, 0.15) is 56.9 Å². The number of carbonyl (C=O) groups excluding carboxylic acids is 1. The first-order chi connectivity index (χ1) is 10.2. The standard InChI is InChI=1S/C19H24O2/c1-2-9-18-10-6-11-19(18)15(13-21-18)12-16(20)17(19)14-7-4-3-5-8-14/h3-5,7-8,15,17H,2,6,9-13H2,1H3/t15-,17-,18-,19-/m1/s1. The fourth-order valence-electron chi connectivity index (χ4n) is 5.81. The van der Waals surface area contributed by atoms with Crippen molar-refractivity contribution in [3.63, 3.8) is 0 Å². The summed E-state index contributed by atoms with van der Waals surface area (Å²) in [6.45, 7) is 3.04. The quantitative estimate of drug-likeness (QED) is 0.835. The maximum atomic E-state index is 12.8. The summed E-state index contributed by atoms with van der Waals surface area (Å²) in [4.78, 5) is 12.8. The molecule has 21 heavy (non-hydrogen) atoms. The van der Waals surface area contributed by atoms with Crippen molar-refractivity contribution >= 4 is 5.78 Å². The van der Waals surface area contributed by atoms with E-state index in [0.29, 0.717) is 11.7 Å². The maximum absolute atomic E-state index is 12.8. The molecule has 2 saturated carbocycles. The molecule has 0 aromatic heterocycles. The van der Waals surface area contributed by atoms with Gasteiger partial charge in [0.25, 0.3) is 0 Å². The summed E-state index contributed by atoms with van der Waals surface area (Å²) < 4.78 is 6.41. The highest BCUT2D eigenvalue weighted by Crippen LogP contribution is 2.69. The van der Waals surface area contributed by atoms with Crippen LogP contribution in [0.2, 0.25) is 0 Å². The predicted octanol–water partition coefficient (Wildman–Crippen LogP) is 4.10. The van der Waals surface area contributed by atoms with E-state index in [2.05, 4.69) is 31.2 Å². The molecule has 1 aromatic rings. The van der Waals surface area contributed by atoms with Crippen LogP contribution in [-0.4, -0.2) is 18.0 Å². The van der Waals surface area contributed by atoms with E-state index in [1.807, 2.05) is 6.07 Å². The first-order valence-corrected chi connectivity index (χ1v) is 8.45. The van der Waals surface area contributed by atoms with Crippen LogP contribution >= 0.6 is 0 Å².